The average molecular weight is 239 g/mol. The minimum Gasteiger partial charge on any atom is -0.397 e. The molecule has 5 heteroatoms. The second kappa shape index (κ2) is 5.72. The van der Waals surface area contributed by atoms with Gasteiger partial charge < -0.3 is 21.1 Å². The number of nitrogens with one attached hydrogen (secondary N) is 2. The number of nitrogens with two attached hydrogens (primary N) is 1. The van der Waals surface area contributed by atoms with Crippen LogP contribution in [0.5, 0.6) is 0 Å². The molecule has 0 saturated carbocycles. The number of carbonyl (C=O) groups is 1. The first-order valence-corrected chi connectivity index (χ1v) is 5.77. The Labute approximate surface area is 101 Å². The second-order valence-corrected chi connectivity index (χ2v) is 5.02. The number of carbonyl (C=O) groups excluding carboxylic acids is 1. The van der Waals surface area contributed by atoms with Gasteiger partial charge in [-0.2, -0.15) is 0 Å². The van der Waals surface area contributed by atoms with Crippen LogP contribution in [0.25, 0.3) is 0 Å². The highest BCUT2D eigenvalue weighted by atomic mass is 16.2. The van der Waals surface area contributed by atoms with Crippen molar-refractivity contribution in [1.29, 1.82) is 0 Å². The van der Waals surface area contributed by atoms with Crippen LogP contribution in [0.1, 0.15) is 37.2 Å². The van der Waals surface area contributed by atoms with Crippen molar-refractivity contribution in [3.05, 3.63) is 18.0 Å². The zero-order valence-electron chi connectivity index (χ0n) is 10.4. The monoisotopic (exact) mass is 239 g/mol. The van der Waals surface area contributed by atoms with Gasteiger partial charge in [-0.1, -0.05) is 13.8 Å². The maximum absolute atomic E-state index is 11.7. The number of nitrogen functional groups attached to an aromatic ring is 1. The minimum atomic E-state index is -0.154. The van der Waals surface area contributed by atoms with Crippen LogP contribution in [0.4, 0.5) is 5.69 Å². The molecule has 5 nitrogen and oxygen atoms in total. The van der Waals surface area contributed by atoms with Gasteiger partial charge in [-0.25, -0.2) is 0 Å². The number of hydrogen-bond donors (Lipinski definition) is 4. The summed E-state index contributed by atoms with van der Waals surface area (Å²) in [5, 5.41) is 11.6. The Morgan fingerprint density at radius 3 is 2.82 bits per heavy atom. The van der Waals surface area contributed by atoms with E-state index in [2.05, 4.69) is 24.1 Å². The van der Waals surface area contributed by atoms with Crippen molar-refractivity contribution in [2.45, 2.75) is 26.7 Å². The summed E-state index contributed by atoms with van der Waals surface area (Å²) < 4.78 is 0. The van der Waals surface area contributed by atoms with Crippen molar-refractivity contribution in [3.8, 4) is 0 Å². The molecule has 1 aromatic heterocycles. The van der Waals surface area contributed by atoms with Gasteiger partial charge in [0.1, 0.15) is 5.69 Å². The summed E-state index contributed by atoms with van der Waals surface area (Å²) in [5.74, 6) is -0.154. The maximum atomic E-state index is 11.7. The molecule has 1 aromatic rings. The van der Waals surface area contributed by atoms with E-state index in [9.17, 15) is 4.79 Å². The number of aromatic amines is 1. The first-order chi connectivity index (χ1) is 7.94. The van der Waals surface area contributed by atoms with E-state index in [0.717, 1.165) is 12.8 Å². The molecule has 0 aromatic carbocycles. The van der Waals surface area contributed by atoms with Crippen LogP contribution < -0.4 is 11.1 Å². The van der Waals surface area contributed by atoms with Crippen LogP contribution >= 0.6 is 0 Å². The van der Waals surface area contributed by atoms with E-state index in [0.29, 0.717) is 17.9 Å². The van der Waals surface area contributed by atoms with Gasteiger partial charge in [0.15, 0.2) is 0 Å². The highest BCUT2D eigenvalue weighted by molar-refractivity contribution is 5.93. The summed E-state index contributed by atoms with van der Waals surface area (Å²) in [4.78, 5) is 14.5. The van der Waals surface area contributed by atoms with Crippen LogP contribution in [-0.4, -0.2) is 29.1 Å². The molecule has 96 valence electrons. The molecule has 17 heavy (non-hydrogen) atoms. The average Bonchev–Trinajstić information content (AvgIpc) is 2.70. The Morgan fingerprint density at radius 1 is 1.59 bits per heavy atom. The first-order valence-electron chi connectivity index (χ1n) is 5.77. The molecule has 0 atom stereocenters. The van der Waals surface area contributed by atoms with Gasteiger partial charge in [-0.05, 0) is 24.3 Å². The summed E-state index contributed by atoms with van der Waals surface area (Å²) in [5.41, 5.74) is 6.53. The number of aliphatic hydroxyl groups is 1. The molecule has 0 aliphatic heterocycles. The van der Waals surface area contributed by atoms with E-state index >= 15 is 0 Å². The molecule has 1 rings (SSSR count). The second-order valence-electron chi connectivity index (χ2n) is 5.02. The molecule has 0 aliphatic rings. The topological polar surface area (TPSA) is 91.1 Å². The van der Waals surface area contributed by atoms with Crippen molar-refractivity contribution in [3.63, 3.8) is 0 Å². The molecular formula is C12H21N3O2. The minimum absolute atomic E-state index is 0.0173. The molecule has 0 spiro atoms. The SMILES string of the molecule is CC(C)(CCCO)CNC(=O)c1cc(N)c[nH]1. The van der Waals surface area contributed by atoms with Crippen molar-refractivity contribution in [1.82, 2.24) is 10.3 Å². The molecular weight excluding hydrogens is 218 g/mol. The Balaban J connectivity index is 2.42. The van der Waals surface area contributed by atoms with Gasteiger partial charge in [0.2, 0.25) is 0 Å². The van der Waals surface area contributed by atoms with Crippen LogP contribution in [0.2, 0.25) is 0 Å². The molecule has 1 heterocycles. The lowest BCUT2D eigenvalue weighted by molar-refractivity contribution is 0.0928. The lowest BCUT2D eigenvalue weighted by Crippen LogP contribution is -2.34. The van der Waals surface area contributed by atoms with Gasteiger partial charge >= 0.3 is 0 Å². The normalized spacial score (nSPS) is 11.5. The van der Waals surface area contributed by atoms with Gasteiger partial charge in [0, 0.05) is 25.0 Å². The van der Waals surface area contributed by atoms with E-state index in [1.165, 1.54) is 0 Å². The standard InChI is InChI=1S/C12H21N3O2/c1-12(2,4-3-5-16)8-15-11(17)10-6-9(13)7-14-10/h6-7,14,16H,3-5,8,13H2,1-2H3,(H,15,17). The van der Waals surface area contributed by atoms with Crippen LogP contribution in [-0.2, 0) is 0 Å². The summed E-state index contributed by atoms with van der Waals surface area (Å²) in [6.07, 6.45) is 3.21. The fraction of sp³-hybridized carbons (Fsp3) is 0.583. The van der Waals surface area contributed by atoms with Crippen LogP contribution in [0.15, 0.2) is 12.3 Å². The van der Waals surface area contributed by atoms with E-state index < -0.39 is 0 Å². The Hall–Kier alpha value is -1.49. The van der Waals surface area contributed by atoms with Crippen molar-refractivity contribution in [2.75, 3.05) is 18.9 Å². The lowest BCUT2D eigenvalue weighted by atomic mass is 9.88. The Bertz CT molecular complexity index is 372. The van der Waals surface area contributed by atoms with Crippen molar-refractivity contribution >= 4 is 11.6 Å². The van der Waals surface area contributed by atoms with Gasteiger partial charge in [0.25, 0.3) is 5.91 Å². The van der Waals surface area contributed by atoms with Gasteiger partial charge in [-0.3, -0.25) is 4.79 Å². The smallest absolute Gasteiger partial charge is 0.267 e. The Morgan fingerprint density at radius 2 is 2.29 bits per heavy atom. The van der Waals surface area contributed by atoms with E-state index in [4.69, 9.17) is 10.8 Å². The highest BCUT2D eigenvalue weighted by Gasteiger charge is 2.19. The zero-order chi connectivity index (χ0) is 12.9. The predicted octanol–water partition coefficient (Wildman–Crippen LogP) is 1.13. The molecule has 0 saturated heterocycles. The number of amides is 1. The fourth-order valence-corrected chi connectivity index (χ4v) is 1.60. The first kappa shape index (κ1) is 13.6. The summed E-state index contributed by atoms with van der Waals surface area (Å²) >= 11 is 0. The third-order valence-corrected chi connectivity index (χ3v) is 2.69. The number of anilines is 1. The van der Waals surface area contributed by atoms with Gasteiger partial charge in [-0.15, -0.1) is 0 Å². The molecule has 0 unspecified atom stereocenters. The molecule has 0 radical (unpaired) electrons. The number of aliphatic hydroxyl groups excluding tert-OH is 1. The summed E-state index contributed by atoms with van der Waals surface area (Å²) in [6, 6.07) is 1.61. The molecule has 1 amide bonds. The van der Waals surface area contributed by atoms with E-state index in [-0.39, 0.29) is 17.9 Å². The van der Waals surface area contributed by atoms with E-state index in [1.807, 2.05) is 0 Å². The van der Waals surface area contributed by atoms with Crippen LogP contribution in [0.3, 0.4) is 0 Å². The zero-order valence-corrected chi connectivity index (χ0v) is 10.4. The number of rotatable bonds is 6. The highest BCUT2D eigenvalue weighted by Crippen LogP contribution is 2.20. The lowest BCUT2D eigenvalue weighted by Gasteiger charge is -2.24. The quantitative estimate of drug-likeness (QED) is 0.599. The third-order valence-electron chi connectivity index (χ3n) is 2.69. The number of aromatic nitrogens is 1. The largest absolute Gasteiger partial charge is 0.397 e. The summed E-state index contributed by atoms with van der Waals surface area (Å²) in [6.45, 7) is 4.88. The Kier molecular flexibility index (Phi) is 4.57. The maximum Gasteiger partial charge on any atom is 0.267 e. The van der Waals surface area contributed by atoms with Crippen molar-refractivity contribution < 1.29 is 9.90 Å². The third kappa shape index (κ3) is 4.48. The van der Waals surface area contributed by atoms with Crippen LogP contribution in [0, 0.1) is 5.41 Å². The van der Waals surface area contributed by atoms with E-state index in [1.54, 1.807) is 12.3 Å². The molecule has 0 aliphatic carbocycles. The predicted molar refractivity (Wildman–Crippen MR) is 67.6 cm³/mol. The molecule has 0 fully saturated rings. The molecule has 0 bridgehead atoms. The number of hydrogen-bond acceptors (Lipinski definition) is 3. The fourth-order valence-electron chi connectivity index (χ4n) is 1.60. The molecule has 5 N–H and O–H groups in total. The number of H-pyrrole nitrogens is 1. The summed E-state index contributed by atoms with van der Waals surface area (Å²) in [7, 11) is 0. The van der Waals surface area contributed by atoms with Gasteiger partial charge in [0.05, 0.1) is 0 Å². The van der Waals surface area contributed by atoms with Crippen molar-refractivity contribution in [2.24, 2.45) is 5.41 Å².